The molecule has 3 atom stereocenters. The van der Waals surface area contributed by atoms with Gasteiger partial charge in [-0.3, -0.25) is 9.35 Å². The van der Waals surface area contributed by atoms with Gasteiger partial charge in [-0.05, 0) is 30.9 Å². The highest BCUT2D eigenvalue weighted by molar-refractivity contribution is 7.86. The molecule has 9 heteroatoms. The summed E-state index contributed by atoms with van der Waals surface area (Å²) in [5.41, 5.74) is 1.65. The van der Waals surface area contributed by atoms with Gasteiger partial charge in [0.25, 0.3) is 10.1 Å². The van der Waals surface area contributed by atoms with E-state index in [1.165, 1.54) is 0 Å². The Morgan fingerprint density at radius 2 is 2.00 bits per heavy atom. The molecule has 0 unspecified atom stereocenters. The van der Waals surface area contributed by atoms with Crippen LogP contribution in [0.2, 0.25) is 0 Å². The van der Waals surface area contributed by atoms with Gasteiger partial charge in [0, 0.05) is 29.4 Å². The molecule has 0 bridgehead atoms. The number of aliphatic carboxylic acids is 1. The quantitative estimate of drug-likeness (QED) is 0.558. The lowest BCUT2D eigenvalue weighted by Crippen LogP contribution is -2.44. The van der Waals surface area contributed by atoms with E-state index >= 15 is 0 Å². The van der Waals surface area contributed by atoms with E-state index < -0.39 is 39.2 Å². The summed E-state index contributed by atoms with van der Waals surface area (Å²) in [7, 11) is -4.18. The van der Waals surface area contributed by atoms with E-state index in [9.17, 15) is 23.1 Å². The lowest BCUT2D eigenvalue weighted by Gasteiger charge is -2.17. The molecule has 4 N–H and O–H groups in total. The Morgan fingerprint density at radius 3 is 2.65 bits per heavy atom. The van der Waals surface area contributed by atoms with Gasteiger partial charge in [0.05, 0.1) is 5.25 Å². The maximum Gasteiger partial charge on any atom is 0.326 e. The summed E-state index contributed by atoms with van der Waals surface area (Å²) in [6.45, 7) is 0. The van der Waals surface area contributed by atoms with Crippen LogP contribution in [0.4, 0.5) is 0 Å². The molecule has 0 aliphatic heterocycles. The Hall–Kier alpha value is -2.39. The van der Waals surface area contributed by atoms with Gasteiger partial charge in [-0.2, -0.15) is 8.42 Å². The monoisotopic (exact) mass is 380 g/mol. The molecule has 1 aliphatic carbocycles. The Balaban J connectivity index is 1.69. The lowest BCUT2D eigenvalue weighted by atomic mass is 10.0. The third-order valence-corrected chi connectivity index (χ3v) is 6.16. The van der Waals surface area contributed by atoms with Crippen LogP contribution in [-0.2, 0) is 26.1 Å². The Bertz CT molecular complexity index is 936. The molecule has 1 heterocycles. The molecule has 2 aromatic rings. The molecule has 8 nitrogen and oxygen atoms in total. The molecular formula is C17H20N2O6S. The first kappa shape index (κ1) is 18.4. The predicted octanol–water partition coefficient (Wildman–Crippen LogP) is 1.34. The van der Waals surface area contributed by atoms with Gasteiger partial charge < -0.3 is 15.4 Å². The molecular weight excluding hydrogens is 360 g/mol. The van der Waals surface area contributed by atoms with E-state index in [1.54, 1.807) is 6.20 Å². The van der Waals surface area contributed by atoms with Crippen LogP contribution < -0.4 is 5.32 Å². The number of carboxylic acids is 1. The second-order valence-electron chi connectivity index (χ2n) is 6.61. The lowest BCUT2D eigenvalue weighted by molar-refractivity contribution is -0.142. The van der Waals surface area contributed by atoms with E-state index in [2.05, 4.69) is 10.3 Å². The maximum absolute atomic E-state index is 12.4. The number of amides is 1. The number of hydrogen-bond acceptors (Lipinski definition) is 4. The largest absolute Gasteiger partial charge is 0.480 e. The van der Waals surface area contributed by atoms with Crippen LogP contribution in [0, 0.1) is 5.92 Å². The number of aromatic nitrogens is 1. The van der Waals surface area contributed by atoms with Crippen LogP contribution in [0.25, 0.3) is 10.9 Å². The van der Waals surface area contributed by atoms with Gasteiger partial charge >= 0.3 is 5.97 Å². The van der Waals surface area contributed by atoms with Crippen molar-refractivity contribution in [3.05, 3.63) is 36.0 Å². The number of hydrogen-bond donors (Lipinski definition) is 4. The molecule has 140 valence electrons. The van der Waals surface area contributed by atoms with Crippen molar-refractivity contribution in [2.75, 3.05) is 0 Å². The fraction of sp³-hybridized carbons (Fsp3) is 0.412. The number of benzene rings is 1. The zero-order valence-electron chi connectivity index (χ0n) is 13.9. The average molecular weight is 380 g/mol. The van der Waals surface area contributed by atoms with E-state index in [1.807, 2.05) is 24.3 Å². The predicted molar refractivity (Wildman–Crippen MR) is 94.2 cm³/mol. The Morgan fingerprint density at radius 1 is 1.27 bits per heavy atom. The number of para-hydroxylation sites is 1. The van der Waals surface area contributed by atoms with E-state index in [4.69, 9.17) is 4.55 Å². The highest BCUT2D eigenvalue weighted by Gasteiger charge is 2.37. The molecule has 1 aliphatic rings. The van der Waals surface area contributed by atoms with Crippen molar-refractivity contribution in [1.82, 2.24) is 10.3 Å². The molecule has 26 heavy (non-hydrogen) atoms. The molecule has 0 spiro atoms. The van der Waals surface area contributed by atoms with E-state index in [0.29, 0.717) is 6.42 Å². The number of rotatable bonds is 6. The standard InChI is InChI=1S/C17H20N2O6S/c20-16(10-5-6-12(7-10)26(23,24)25)19-15(17(21)22)8-11-9-18-14-4-2-1-3-13(11)14/h1-4,9-10,12,15,18H,5-8H2,(H,19,20)(H,21,22)(H,23,24,25)/t10-,12-,15-/m0/s1. The highest BCUT2D eigenvalue weighted by Crippen LogP contribution is 2.30. The average Bonchev–Trinajstić information content (AvgIpc) is 3.21. The smallest absolute Gasteiger partial charge is 0.326 e. The molecule has 3 rings (SSSR count). The molecule has 1 saturated carbocycles. The fourth-order valence-electron chi connectivity index (χ4n) is 3.46. The van der Waals surface area contributed by atoms with E-state index in [0.717, 1.165) is 16.5 Å². The second kappa shape index (κ2) is 7.08. The summed E-state index contributed by atoms with van der Waals surface area (Å²) in [5, 5.41) is 11.9. The van der Waals surface area contributed by atoms with Gasteiger partial charge in [0.1, 0.15) is 6.04 Å². The fourth-order valence-corrected chi connectivity index (χ4v) is 4.37. The van der Waals surface area contributed by atoms with Crippen LogP contribution in [0.1, 0.15) is 24.8 Å². The molecule has 0 radical (unpaired) electrons. The third-order valence-electron chi connectivity index (χ3n) is 4.89. The summed E-state index contributed by atoms with van der Waals surface area (Å²) in [4.78, 5) is 27.0. The van der Waals surface area contributed by atoms with Crippen LogP contribution in [0.3, 0.4) is 0 Å². The van der Waals surface area contributed by atoms with Crippen molar-refractivity contribution in [3.63, 3.8) is 0 Å². The molecule has 0 saturated heterocycles. The number of carbonyl (C=O) groups is 2. The summed E-state index contributed by atoms with van der Waals surface area (Å²) in [6.07, 6.45) is 2.33. The number of carbonyl (C=O) groups excluding carboxylic acids is 1. The summed E-state index contributed by atoms with van der Waals surface area (Å²) in [6, 6.07) is 6.34. The minimum absolute atomic E-state index is 0.00406. The van der Waals surface area contributed by atoms with Crippen LogP contribution in [-0.4, -0.2) is 46.2 Å². The van der Waals surface area contributed by atoms with Crippen LogP contribution >= 0.6 is 0 Å². The number of carboxylic acid groups (broad SMARTS) is 1. The number of H-pyrrole nitrogens is 1. The number of fused-ring (bicyclic) bond motifs is 1. The van der Waals surface area contributed by atoms with Gasteiger partial charge in [-0.15, -0.1) is 0 Å². The van der Waals surface area contributed by atoms with Crippen molar-refractivity contribution in [1.29, 1.82) is 0 Å². The minimum Gasteiger partial charge on any atom is -0.480 e. The number of nitrogens with one attached hydrogen (secondary N) is 2. The SMILES string of the molecule is O=C(N[C@@H](Cc1c[nH]c2ccccc12)C(=O)O)[C@H]1CC[C@H](S(=O)(=O)O)C1. The normalized spacial score (nSPS) is 21.6. The van der Waals surface area contributed by atoms with Crippen molar-refractivity contribution in [2.45, 2.75) is 37.0 Å². The van der Waals surface area contributed by atoms with E-state index in [-0.39, 0.29) is 19.3 Å². The topological polar surface area (TPSA) is 137 Å². The zero-order valence-corrected chi connectivity index (χ0v) is 14.7. The summed E-state index contributed by atoms with van der Waals surface area (Å²) < 4.78 is 31.5. The minimum atomic E-state index is -4.18. The Labute approximate surface area is 150 Å². The maximum atomic E-state index is 12.4. The first-order valence-corrected chi connectivity index (χ1v) is 9.80. The van der Waals surface area contributed by atoms with Crippen molar-refractivity contribution >= 4 is 32.9 Å². The van der Waals surface area contributed by atoms with Gasteiger partial charge in [-0.25, -0.2) is 4.79 Å². The summed E-state index contributed by atoms with van der Waals surface area (Å²) in [5.74, 6) is -2.27. The van der Waals surface area contributed by atoms with Gasteiger partial charge in [-0.1, -0.05) is 18.2 Å². The van der Waals surface area contributed by atoms with Crippen molar-refractivity contribution in [3.8, 4) is 0 Å². The first-order chi connectivity index (χ1) is 12.3. The van der Waals surface area contributed by atoms with Crippen LogP contribution in [0.15, 0.2) is 30.5 Å². The second-order valence-corrected chi connectivity index (χ2v) is 8.31. The Kier molecular flexibility index (Phi) is 5.01. The molecule has 1 aromatic carbocycles. The highest BCUT2D eigenvalue weighted by atomic mass is 32.2. The molecule has 1 aromatic heterocycles. The number of aromatic amines is 1. The third kappa shape index (κ3) is 3.88. The zero-order chi connectivity index (χ0) is 18.9. The molecule has 1 amide bonds. The molecule has 1 fully saturated rings. The van der Waals surface area contributed by atoms with Crippen LogP contribution in [0.5, 0.6) is 0 Å². The van der Waals surface area contributed by atoms with Gasteiger partial charge in [0.15, 0.2) is 0 Å². The van der Waals surface area contributed by atoms with Crippen molar-refractivity contribution < 1.29 is 27.7 Å². The van der Waals surface area contributed by atoms with Crippen molar-refractivity contribution in [2.24, 2.45) is 5.92 Å². The van der Waals surface area contributed by atoms with Gasteiger partial charge in [0.2, 0.25) is 5.91 Å². The summed E-state index contributed by atoms with van der Waals surface area (Å²) >= 11 is 0. The first-order valence-electron chi connectivity index (χ1n) is 8.30.